The average Bonchev–Trinajstić information content (AvgIpc) is 2.55. The molecule has 2 aromatic rings. The van der Waals surface area contributed by atoms with E-state index in [9.17, 15) is 0 Å². The molecule has 2 unspecified atom stereocenters. The summed E-state index contributed by atoms with van der Waals surface area (Å²) in [7, 11) is 0. The summed E-state index contributed by atoms with van der Waals surface area (Å²) in [5.74, 6) is 0. The lowest BCUT2D eigenvalue weighted by atomic mass is 9.93. The molecule has 2 nitrogen and oxygen atoms in total. The van der Waals surface area contributed by atoms with E-state index in [2.05, 4.69) is 80.4 Å². The Balaban J connectivity index is 1.62. The molecule has 2 aromatic carbocycles. The van der Waals surface area contributed by atoms with E-state index in [0.29, 0.717) is 12.1 Å². The predicted molar refractivity (Wildman–Crippen MR) is 107 cm³/mol. The summed E-state index contributed by atoms with van der Waals surface area (Å²) < 4.78 is 0. The van der Waals surface area contributed by atoms with Gasteiger partial charge in [0.1, 0.15) is 0 Å². The van der Waals surface area contributed by atoms with Crippen LogP contribution < -0.4 is 5.32 Å². The highest BCUT2D eigenvalue weighted by Gasteiger charge is 2.22. The monoisotopic (exact) mass is 336 g/mol. The van der Waals surface area contributed by atoms with Gasteiger partial charge in [-0.2, -0.15) is 0 Å². The smallest absolute Gasteiger partial charge is 0.0300 e. The van der Waals surface area contributed by atoms with Crippen molar-refractivity contribution in [1.82, 2.24) is 10.2 Å². The largest absolute Gasteiger partial charge is 0.306 e. The summed E-state index contributed by atoms with van der Waals surface area (Å²) in [5.41, 5.74) is 7.08. The summed E-state index contributed by atoms with van der Waals surface area (Å²) in [6.45, 7) is 12.4. The minimum Gasteiger partial charge on any atom is -0.306 e. The SMILES string of the molecule is Cc1cc(C)c(C(C)NC2CCCN(Cc3ccccc3)C2)c(C)c1. The summed E-state index contributed by atoms with van der Waals surface area (Å²) in [5, 5.41) is 3.91. The second kappa shape index (κ2) is 8.16. The zero-order valence-electron chi connectivity index (χ0n) is 16.2. The maximum atomic E-state index is 3.91. The zero-order chi connectivity index (χ0) is 17.8. The first kappa shape index (κ1) is 18.2. The number of piperidine rings is 1. The van der Waals surface area contributed by atoms with Crippen molar-refractivity contribution in [3.05, 3.63) is 70.3 Å². The fourth-order valence-electron chi connectivity index (χ4n) is 4.49. The van der Waals surface area contributed by atoms with Crippen LogP contribution in [-0.2, 0) is 6.54 Å². The quantitative estimate of drug-likeness (QED) is 0.833. The first-order valence-electron chi connectivity index (χ1n) is 9.63. The standard InChI is InChI=1S/C23H32N2/c1-17-13-18(2)23(19(3)14-17)20(4)24-22-11-8-12-25(16-22)15-21-9-6-5-7-10-21/h5-7,9-10,13-14,20,22,24H,8,11-12,15-16H2,1-4H3. The van der Waals surface area contributed by atoms with Crippen LogP contribution in [0.15, 0.2) is 42.5 Å². The Bertz CT molecular complexity index is 669. The fourth-order valence-corrected chi connectivity index (χ4v) is 4.49. The number of aryl methyl sites for hydroxylation is 3. The molecule has 1 fully saturated rings. The van der Waals surface area contributed by atoms with E-state index < -0.39 is 0 Å². The Kier molecular flexibility index (Phi) is 5.93. The third-order valence-corrected chi connectivity index (χ3v) is 5.41. The zero-order valence-corrected chi connectivity index (χ0v) is 16.2. The summed E-state index contributed by atoms with van der Waals surface area (Å²) >= 11 is 0. The van der Waals surface area contributed by atoms with Gasteiger partial charge in [0.05, 0.1) is 0 Å². The van der Waals surface area contributed by atoms with Gasteiger partial charge in [0, 0.05) is 25.2 Å². The van der Waals surface area contributed by atoms with Gasteiger partial charge in [-0.3, -0.25) is 4.90 Å². The van der Waals surface area contributed by atoms with Crippen molar-refractivity contribution in [2.45, 2.75) is 59.2 Å². The fraction of sp³-hybridized carbons (Fsp3) is 0.478. The highest BCUT2D eigenvalue weighted by molar-refractivity contribution is 5.39. The molecule has 2 heteroatoms. The van der Waals surface area contributed by atoms with Crippen LogP contribution >= 0.6 is 0 Å². The van der Waals surface area contributed by atoms with E-state index in [4.69, 9.17) is 0 Å². The minimum absolute atomic E-state index is 0.405. The van der Waals surface area contributed by atoms with Gasteiger partial charge >= 0.3 is 0 Å². The molecule has 0 aromatic heterocycles. The molecule has 1 N–H and O–H groups in total. The molecule has 1 aliphatic rings. The number of likely N-dealkylation sites (tertiary alicyclic amines) is 1. The van der Waals surface area contributed by atoms with Crippen LogP contribution in [0.2, 0.25) is 0 Å². The highest BCUT2D eigenvalue weighted by Crippen LogP contribution is 2.25. The average molecular weight is 337 g/mol. The van der Waals surface area contributed by atoms with Crippen LogP contribution in [0.5, 0.6) is 0 Å². The first-order chi connectivity index (χ1) is 12.0. The van der Waals surface area contributed by atoms with Crippen LogP contribution in [0.1, 0.15) is 53.6 Å². The molecule has 1 saturated heterocycles. The second-order valence-corrected chi connectivity index (χ2v) is 7.76. The Morgan fingerprint density at radius 2 is 1.76 bits per heavy atom. The molecule has 2 atom stereocenters. The lowest BCUT2D eigenvalue weighted by molar-refractivity contribution is 0.177. The van der Waals surface area contributed by atoms with Crippen molar-refractivity contribution in [1.29, 1.82) is 0 Å². The molecule has 0 amide bonds. The predicted octanol–water partition coefficient (Wildman–Crippen LogP) is 4.93. The molecular formula is C23H32N2. The van der Waals surface area contributed by atoms with Crippen LogP contribution in [0.3, 0.4) is 0 Å². The lowest BCUT2D eigenvalue weighted by Crippen LogP contribution is -2.46. The van der Waals surface area contributed by atoms with Gasteiger partial charge in [0.2, 0.25) is 0 Å². The lowest BCUT2D eigenvalue weighted by Gasteiger charge is -2.35. The number of benzene rings is 2. The van der Waals surface area contributed by atoms with E-state index in [1.165, 1.54) is 47.2 Å². The Labute approximate surface area is 153 Å². The maximum Gasteiger partial charge on any atom is 0.0300 e. The third kappa shape index (κ3) is 4.71. The van der Waals surface area contributed by atoms with Crippen molar-refractivity contribution >= 4 is 0 Å². The molecule has 1 heterocycles. The molecule has 0 bridgehead atoms. The van der Waals surface area contributed by atoms with E-state index >= 15 is 0 Å². The normalized spacial score (nSPS) is 19.8. The molecule has 0 spiro atoms. The number of nitrogens with one attached hydrogen (secondary N) is 1. The van der Waals surface area contributed by atoms with Crippen LogP contribution in [0.25, 0.3) is 0 Å². The van der Waals surface area contributed by atoms with Gasteiger partial charge in [-0.1, -0.05) is 48.0 Å². The summed E-state index contributed by atoms with van der Waals surface area (Å²) in [6.07, 6.45) is 2.56. The minimum atomic E-state index is 0.405. The summed E-state index contributed by atoms with van der Waals surface area (Å²) in [4.78, 5) is 2.60. The van der Waals surface area contributed by atoms with Crippen molar-refractivity contribution in [2.75, 3.05) is 13.1 Å². The van der Waals surface area contributed by atoms with Crippen molar-refractivity contribution in [2.24, 2.45) is 0 Å². The van der Waals surface area contributed by atoms with E-state index in [-0.39, 0.29) is 0 Å². The molecule has 134 valence electrons. The molecular weight excluding hydrogens is 304 g/mol. The van der Waals surface area contributed by atoms with Crippen LogP contribution in [0.4, 0.5) is 0 Å². The molecule has 0 radical (unpaired) electrons. The molecule has 3 rings (SSSR count). The number of rotatable bonds is 5. The van der Waals surface area contributed by atoms with Crippen molar-refractivity contribution < 1.29 is 0 Å². The van der Waals surface area contributed by atoms with Gasteiger partial charge in [0.15, 0.2) is 0 Å². The van der Waals surface area contributed by atoms with Gasteiger partial charge in [-0.15, -0.1) is 0 Å². The van der Waals surface area contributed by atoms with Crippen molar-refractivity contribution in [3.63, 3.8) is 0 Å². The maximum absolute atomic E-state index is 3.91. The van der Waals surface area contributed by atoms with E-state index in [1.54, 1.807) is 0 Å². The molecule has 0 saturated carbocycles. The van der Waals surface area contributed by atoms with Crippen LogP contribution in [-0.4, -0.2) is 24.0 Å². The second-order valence-electron chi connectivity index (χ2n) is 7.76. The number of nitrogens with zero attached hydrogens (tertiary/aromatic N) is 1. The van der Waals surface area contributed by atoms with Gasteiger partial charge in [0.25, 0.3) is 0 Å². The van der Waals surface area contributed by atoms with E-state index in [1.807, 2.05) is 0 Å². The van der Waals surface area contributed by atoms with Gasteiger partial charge in [-0.05, 0) is 69.3 Å². The Morgan fingerprint density at radius 3 is 2.44 bits per heavy atom. The van der Waals surface area contributed by atoms with Crippen molar-refractivity contribution in [3.8, 4) is 0 Å². The number of hydrogen-bond acceptors (Lipinski definition) is 2. The molecule has 0 aliphatic carbocycles. The molecule has 25 heavy (non-hydrogen) atoms. The highest BCUT2D eigenvalue weighted by atomic mass is 15.2. The number of hydrogen-bond donors (Lipinski definition) is 1. The Morgan fingerprint density at radius 1 is 1.08 bits per heavy atom. The van der Waals surface area contributed by atoms with Gasteiger partial charge < -0.3 is 5.32 Å². The molecule has 1 aliphatic heterocycles. The summed E-state index contributed by atoms with van der Waals surface area (Å²) in [6, 6.07) is 16.4. The van der Waals surface area contributed by atoms with Gasteiger partial charge in [-0.25, -0.2) is 0 Å². The van der Waals surface area contributed by atoms with Crippen LogP contribution in [0, 0.1) is 20.8 Å². The van der Waals surface area contributed by atoms with E-state index in [0.717, 1.165) is 13.1 Å². The third-order valence-electron chi connectivity index (χ3n) is 5.41. The first-order valence-corrected chi connectivity index (χ1v) is 9.63. The topological polar surface area (TPSA) is 15.3 Å². The Hall–Kier alpha value is -1.64.